The quantitative estimate of drug-likeness (QED) is 0.937. The van der Waals surface area contributed by atoms with Crippen LogP contribution in [0.3, 0.4) is 0 Å². The Hall–Kier alpha value is -2.50. The fourth-order valence-electron chi connectivity index (χ4n) is 1.63. The molecule has 3 nitrogen and oxygen atoms in total. The molecule has 0 bridgehead atoms. The summed E-state index contributed by atoms with van der Waals surface area (Å²) in [6.45, 7) is 1.35. The van der Waals surface area contributed by atoms with Gasteiger partial charge in [-0.15, -0.1) is 0 Å². The van der Waals surface area contributed by atoms with Crippen molar-refractivity contribution in [3.8, 4) is 5.75 Å². The summed E-state index contributed by atoms with van der Waals surface area (Å²) in [5, 5.41) is 2.08. The lowest BCUT2D eigenvalue weighted by atomic mass is 10.2. The molecule has 2 rings (SSSR count). The molecule has 1 atom stereocenters. The van der Waals surface area contributed by atoms with Gasteiger partial charge in [-0.05, 0) is 31.2 Å². The van der Waals surface area contributed by atoms with Gasteiger partial charge in [-0.1, -0.05) is 18.2 Å². The molecule has 2 aromatic rings. The first-order chi connectivity index (χ1) is 9.99. The zero-order valence-electron chi connectivity index (χ0n) is 11.1. The van der Waals surface area contributed by atoms with Crippen LogP contribution in [-0.2, 0) is 4.79 Å². The third-order valence-corrected chi connectivity index (χ3v) is 2.72. The summed E-state index contributed by atoms with van der Waals surface area (Å²) >= 11 is 0. The van der Waals surface area contributed by atoms with Gasteiger partial charge in [-0.3, -0.25) is 4.79 Å². The lowest BCUT2D eigenvalue weighted by Gasteiger charge is -2.15. The van der Waals surface area contributed by atoms with Crippen LogP contribution in [0.15, 0.2) is 42.5 Å². The van der Waals surface area contributed by atoms with Crippen LogP contribution in [0.25, 0.3) is 0 Å². The number of anilines is 1. The average molecular weight is 295 g/mol. The highest BCUT2D eigenvalue weighted by Crippen LogP contribution is 2.20. The molecule has 0 saturated carbocycles. The Morgan fingerprint density at radius 2 is 1.57 bits per heavy atom. The first-order valence-corrected chi connectivity index (χ1v) is 6.15. The first-order valence-electron chi connectivity index (χ1n) is 6.15. The number of amides is 1. The lowest BCUT2D eigenvalue weighted by Crippen LogP contribution is -2.31. The van der Waals surface area contributed by atoms with Gasteiger partial charge in [0.1, 0.15) is 17.3 Å². The van der Waals surface area contributed by atoms with Crippen LogP contribution in [-0.4, -0.2) is 12.0 Å². The third kappa shape index (κ3) is 3.53. The van der Waals surface area contributed by atoms with E-state index in [-0.39, 0.29) is 5.75 Å². The average Bonchev–Trinajstić information content (AvgIpc) is 2.45. The van der Waals surface area contributed by atoms with Gasteiger partial charge in [0.25, 0.3) is 5.91 Å². The summed E-state index contributed by atoms with van der Waals surface area (Å²) in [6, 6.07) is 8.75. The minimum atomic E-state index is -1.12. The molecule has 0 fully saturated rings. The summed E-state index contributed by atoms with van der Waals surface area (Å²) in [7, 11) is 0. The number of hydrogen-bond donors (Lipinski definition) is 1. The molecular weight excluding hydrogens is 283 g/mol. The Balaban J connectivity index is 2.08. The molecule has 0 saturated heterocycles. The van der Waals surface area contributed by atoms with Gasteiger partial charge in [0.2, 0.25) is 0 Å². The topological polar surface area (TPSA) is 38.3 Å². The van der Waals surface area contributed by atoms with Crippen LogP contribution >= 0.6 is 0 Å². The van der Waals surface area contributed by atoms with Crippen LogP contribution in [0.5, 0.6) is 5.75 Å². The van der Waals surface area contributed by atoms with Crippen molar-refractivity contribution >= 4 is 11.6 Å². The third-order valence-electron chi connectivity index (χ3n) is 2.72. The van der Waals surface area contributed by atoms with Gasteiger partial charge >= 0.3 is 0 Å². The van der Waals surface area contributed by atoms with E-state index in [1.54, 1.807) is 6.07 Å². The summed E-state index contributed by atoms with van der Waals surface area (Å²) in [4.78, 5) is 11.8. The minimum absolute atomic E-state index is 0.117. The lowest BCUT2D eigenvalue weighted by molar-refractivity contribution is -0.122. The van der Waals surface area contributed by atoms with Gasteiger partial charge in [0, 0.05) is 0 Å². The molecule has 0 aromatic heterocycles. The largest absolute Gasteiger partial charge is 0.478 e. The number of halogens is 3. The van der Waals surface area contributed by atoms with E-state index in [1.807, 2.05) is 0 Å². The van der Waals surface area contributed by atoms with E-state index in [4.69, 9.17) is 4.74 Å². The monoisotopic (exact) mass is 295 g/mol. The number of para-hydroxylation sites is 2. The molecule has 21 heavy (non-hydrogen) atoms. The van der Waals surface area contributed by atoms with Crippen LogP contribution in [0, 0.1) is 17.5 Å². The van der Waals surface area contributed by atoms with Crippen molar-refractivity contribution in [2.75, 3.05) is 5.32 Å². The maximum Gasteiger partial charge on any atom is 0.265 e. The van der Waals surface area contributed by atoms with E-state index in [0.717, 1.165) is 12.1 Å². The SMILES string of the molecule is C[C@@H](Oc1ccccc1F)C(=O)Nc1c(F)cccc1F. The summed E-state index contributed by atoms with van der Waals surface area (Å²) in [5.41, 5.74) is -0.563. The molecule has 0 aliphatic rings. The van der Waals surface area contributed by atoms with E-state index in [0.29, 0.717) is 0 Å². The smallest absolute Gasteiger partial charge is 0.265 e. The van der Waals surface area contributed by atoms with E-state index in [2.05, 4.69) is 5.32 Å². The molecule has 0 aliphatic heterocycles. The van der Waals surface area contributed by atoms with Gasteiger partial charge < -0.3 is 10.1 Å². The normalized spacial score (nSPS) is 11.8. The van der Waals surface area contributed by atoms with Crippen LogP contribution < -0.4 is 10.1 Å². The van der Waals surface area contributed by atoms with Crippen LogP contribution in [0.2, 0.25) is 0 Å². The van der Waals surface area contributed by atoms with E-state index >= 15 is 0 Å². The minimum Gasteiger partial charge on any atom is -0.478 e. The van der Waals surface area contributed by atoms with E-state index in [1.165, 1.54) is 31.2 Å². The molecule has 6 heteroatoms. The Bertz CT molecular complexity index is 641. The second-order valence-corrected chi connectivity index (χ2v) is 4.28. The number of nitrogens with one attached hydrogen (secondary N) is 1. The van der Waals surface area contributed by atoms with Gasteiger partial charge in [-0.2, -0.15) is 0 Å². The van der Waals surface area contributed by atoms with Gasteiger partial charge in [0.05, 0.1) is 0 Å². The Labute approximate surface area is 119 Å². The molecular formula is C15H12F3NO2. The molecule has 0 heterocycles. The van der Waals surface area contributed by atoms with E-state index < -0.39 is 35.2 Å². The highest BCUT2D eigenvalue weighted by Gasteiger charge is 2.19. The number of carbonyl (C=O) groups excluding carboxylic acids is 1. The number of rotatable bonds is 4. The van der Waals surface area contributed by atoms with Crippen molar-refractivity contribution in [2.24, 2.45) is 0 Å². The van der Waals surface area contributed by atoms with Crippen LogP contribution in [0.1, 0.15) is 6.92 Å². The highest BCUT2D eigenvalue weighted by atomic mass is 19.1. The Kier molecular flexibility index (Phi) is 4.47. The molecule has 110 valence electrons. The summed E-state index contributed by atoms with van der Waals surface area (Å²) in [6.07, 6.45) is -1.12. The van der Waals surface area contributed by atoms with Crippen molar-refractivity contribution in [3.05, 3.63) is 59.9 Å². The van der Waals surface area contributed by atoms with Crippen molar-refractivity contribution in [2.45, 2.75) is 13.0 Å². The van der Waals surface area contributed by atoms with E-state index in [9.17, 15) is 18.0 Å². The van der Waals surface area contributed by atoms with Crippen molar-refractivity contribution in [1.29, 1.82) is 0 Å². The number of hydrogen-bond acceptors (Lipinski definition) is 2. The summed E-state index contributed by atoms with van der Waals surface area (Å²) < 4.78 is 45.3. The zero-order valence-corrected chi connectivity index (χ0v) is 11.1. The van der Waals surface area contributed by atoms with Gasteiger partial charge in [0.15, 0.2) is 17.7 Å². The fourth-order valence-corrected chi connectivity index (χ4v) is 1.63. The molecule has 0 radical (unpaired) electrons. The molecule has 1 N–H and O–H groups in total. The predicted octanol–water partition coefficient (Wildman–Crippen LogP) is 3.51. The fraction of sp³-hybridized carbons (Fsp3) is 0.133. The zero-order chi connectivity index (χ0) is 15.4. The van der Waals surface area contributed by atoms with Crippen LogP contribution in [0.4, 0.5) is 18.9 Å². The maximum absolute atomic E-state index is 13.4. The molecule has 0 unspecified atom stereocenters. The van der Waals surface area contributed by atoms with Crippen molar-refractivity contribution in [1.82, 2.24) is 0 Å². The molecule has 0 aliphatic carbocycles. The highest BCUT2D eigenvalue weighted by molar-refractivity contribution is 5.94. The number of ether oxygens (including phenoxy) is 1. The second kappa shape index (κ2) is 6.30. The number of carbonyl (C=O) groups is 1. The molecule has 0 spiro atoms. The summed E-state index contributed by atoms with van der Waals surface area (Å²) in [5.74, 6) is -3.34. The molecule has 2 aromatic carbocycles. The molecule has 1 amide bonds. The predicted molar refractivity (Wildman–Crippen MR) is 71.5 cm³/mol. The van der Waals surface area contributed by atoms with Crippen molar-refractivity contribution < 1.29 is 22.7 Å². The Morgan fingerprint density at radius 1 is 1.00 bits per heavy atom. The Morgan fingerprint density at radius 3 is 2.19 bits per heavy atom. The maximum atomic E-state index is 13.4. The van der Waals surface area contributed by atoms with Gasteiger partial charge in [-0.25, -0.2) is 13.2 Å². The first kappa shape index (κ1) is 14.9. The number of benzene rings is 2. The standard InChI is InChI=1S/C15H12F3NO2/c1-9(21-13-8-3-2-5-10(13)16)15(20)19-14-11(17)6-4-7-12(14)18/h2-9H,1H3,(H,19,20)/t9-/m1/s1. The second-order valence-electron chi connectivity index (χ2n) is 4.28. The van der Waals surface area contributed by atoms with Crippen molar-refractivity contribution in [3.63, 3.8) is 0 Å².